The maximum Gasteiger partial charge on any atom is 0.416 e. The highest BCUT2D eigenvalue weighted by molar-refractivity contribution is 6.00. The van der Waals surface area contributed by atoms with Gasteiger partial charge in [-0.2, -0.15) is 0 Å². The molecule has 420 valence electrons. The minimum atomic E-state index is -0.908. The summed E-state index contributed by atoms with van der Waals surface area (Å²) in [5.41, 5.74) is 10.4. The zero-order chi connectivity index (χ0) is 56.1. The number of ketones is 1. The second-order valence-corrected chi connectivity index (χ2v) is 20.2. The van der Waals surface area contributed by atoms with Gasteiger partial charge >= 0.3 is 18.2 Å². The zero-order valence-corrected chi connectivity index (χ0v) is 46.1. The lowest BCUT2D eigenvalue weighted by atomic mass is 9.87. The Bertz CT molecular complexity index is 2520. The number of esters is 1. The number of amides is 3. The molecule has 0 aliphatic rings. The summed E-state index contributed by atoms with van der Waals surface area (Å²) in [5.74, 6) is -0.609. The van der Waals surface area contributed by atoms with Crippen LogP contribution in [0.2, 0.25) is 0 Å². The largest absolute Gasteiger partial charge is 0.491 e. The number of aryl methyl sites for hydroxylation is 1. The number of carbonyl (C=O) groups is 5. The van der Waals surface area contributed by atoms with Crippen molar-refractivity contribution in [1.29, 1.82) is 0 Å². The van der Waals surface area contributed by atoms with Gasteiger partial charge in [0.25, 0.3) is 0 Å². The molecule has 3 aromatic carbocycles. The number of nitrogens with zero attached hydrogens (tertiary/aromatic N) is 5. The van der Waals surface area contributed by atoms with Crippen LogP contribution < -0.4 is 20.3 Å². The number of Topliss-reactive ketones (excluding diaryl/α,β-unsaturated/α-hetero) is 1. The number of pyridine rings is 1. The highest BCUT2D eigenvalue weighted by Crippen LogP contribution is 2.36. The van der Waals surface area contributed by atoms with Crippen LogP contribution in [0.1, 0.15) is 104 Å². The lowest BCUT2D eigenvalue weighted by Gasteiger charge is -2.27. The maximum atomic E-state index is 14.4. The molecule has 20 heteroatoms. The molecule has 3 amide bonds. The van der Waals surface area contributed by atoms with Crippen molar-refractivity contribution in [2.45, 2.75) is 117 Å². The predicted molar refractivity (Wildman–Crippen MR) is 293 cm³/mol. The Labute approximate surface area is 452 Å². The second-order valence-electron chi connectivity index (χ2n) is 20.2. The molecule has 0 saturated carbocycles. The smallest absolute Gasteiger partial charge is 0.416 e. The molecule has 0 unspecified atom stereocenters. The third kappa shape index (κ3) is 24.4. The minimum Gasteiger partial charge on any atom is -0.491 e. The molecule has 0 bridgehead atoms. The summed E-state index contributed by atoms with van der Waals surface area (Å²) in [7, 11) is 1.30. The first-order valence-electron chi connectivity index (χ1n) is 26.2. The molecule has 0 fully saturated rings. The first-order valence-corrected chi connectivity index (χ1v) is 26.2. The van der Waals surface area contributed by atoms with Crippen LogP contribution in [0.15, 0.2) is 84.1 Å². The fourth-order valence-corrected chi connectivity index (χ4v) is 7.92. The molecule has 0 aliphatic carbocycles. The van der Waals surface area contributed by atoms with Crippen LogP contribution >= 0.6 is 0 Å². The zero-order valence-electron chi connectivity index (χ0n) is 46.1. The van der Waals surface area contributed by atoms with E-state index in [4.69, 9.17) is 43.4 Å². The summed E-state index contributed by atoms with van der Waals surface area (Å²) in [6.07, 6.45) is 1.82. The van der Waals surface area contributed by atoms with Gasteiger partial charge < -0.3 is 48.5 Å². The average molecular weight is 1070 g/mol. The molecule has 0 radical (unpaired) electrons. The number of carbonyl (C=O) groups excluding carboxylic acids is 5. The number of azide groups is 1. The first-order chi connectivity index (χ1) is 36.9. The molecule has 0 spiro atoms. The van der Waals surface area contributed by atoms with Gasteiger partial charge in [0.05, 0.1) is 72.4 Å². The Hall–Kier alpha value is -6.83. The first kappa shape index (κ1) is 62.7. The van der Waals surface area contributed by atoms with E-state index >= 15 is 0 Å². The molecular formula is C57H79N7O13. The number of hydrogen-bond donors (Lipinski definition) is 2. The lowest BCUT2D eigenvalue weighted by Crippen LogP contribution is -2.42. The number of unbranched alkanes of at least 4 members (excludes halogenated alkanes) is 1. The Kier molecular flexibility index (Phi) is 27.2. The lowest BCUT2D eigenvalue weighted by molar-refractivity contribution is -0.141. The highest BCUT2D eigenvalue weighted by Gasteiger charge is 2.28. The van der Waals surface area contributed by atoms with Crippen molar-refractivity contribution in [2.75, 3.05) is 91.1 Å². The fraction of sp³-hybridized carbons (Fsp3) is 0.544. The summed E-state index contributed by atoms with van der Waals surface area (Å²) in [5, 5.41) is 11.0. The van der Waals surface area contributed by atoms with Crippen molar-refractivity contribution in [3.63, 3.8) is 0 Å². The van der Waals surface area contributed by atoms with E-state index in [9.17, 15) is 24.0 Å². The molecule has 2 atom stereocenters. The highest BCUT2D eigenvalue weighted by atomic mass is 16.6. The second kappa shape index (κ2) is 33.4. The van der Waals surface area contributed by atoms with Crippen LogP contribution in [0.4, 0.5) is 15.4 Å². The van der Waals surface area contributed by atoms with E-state index in [-0.39, 0.29) is 50.3 Å². The van der Waals surface area contributed by atoms with Gasteiger partial charge in [0.2, 0.25) is 5.91 Å². The van der Waals surface area contributed by atoms with Gasteiger partial charge in [0.15, 0.2) is 5.78 Å². The SMILES string of the molecule is COC(=O)C[C@H](CC(=O)[C@H](CCCCNC(=O)OC(C)(C)C)NC(=O)CCCN(C(=O)OC(C)(C)C)c1cc(C)ccn1)c1ccc(-c2ccc(OCCOCCOCCOCCOCCN=[N+]=[N-])c3ccccc23)cc1. The number of nitrogens with one attached hydrogen (secondary N) is 2. The molecule has 4 aromatic rings. The number of methoxy groups -OCH3 is 1. The van der Waals surface area contributed by atoms with Crippen LogP contribution in [-0.2, 0) is 47.5 Å². The summed E-state index contributed by atoms with van der Waals surface area (Å²) >= 11 is 0. The Morgan fingerprint density at radius 2 is 1.38 bits per heavy atom. The molecule has 20 nitrogen and oxygen atoms in total. The molecular weight excluding hydrogens is 991 g/mol. The standard InChI is InChI=1S/C57H79N7O13/c1-41-24-26-59-51(38-41)64(55(69)77-57(5,6)7)28-13-17-52(66)62-48(16-11-12-25-60-54(68)76-56(2,3)4)49(65)39-44(40-53(67)70-8)42-18-20-43(21-19-42)45-22-23-50(47-15-10-9-14-46(45)47)75-37-36-74-35-34-73-33-32-72-31-30-71-29-27-61-63-58/h9-10,14-15,18-24,26,38,44,48H,11-13,16-17,25,27-37,39-40H2,1-8H3,(H,60,68)(H,62,66)/t44-,48-/m0/s1. The van der Waals surface area contributed by atoms with Gasteiger partial charge in [-0.3, -0.25) is 19.3 Å². The predicted octanol–water partition coefficient (Wildman–Crippen LogP) is 9.97. The third-order valence-corrected chi connectivity index (χ3v) is 11.6. The number of alkyl carbamates (subject to hydrolysis) is 1. The Morgan fingerprint density at radius 3 is 2.00 bits per heavy atom. The molecule has 0 saturated heterocycles. The number of hydrogen-bond acceptors (Lipinski definition) is 15. The molecule has 4 rings (SSSR count). The summed E-state index contributed by atoms with van der Waals surface area (Å²) < 4.78 is 44.3. The van der Waals surface area contributed by atoms with Crippen LogP contribution in [0.3, 0.4) is 0 Å². The van der Waals surface area contributed by atoms with E-state index in [1.807, 2.05) is 73.7 Å². The normalized spacial score (nSPS) is 12.2. The summed E-state index contributed by atoms with van der Waals surface area (Å²) in [6, 6.07) is 22.3. The van der Waals surface area contributed by atoms with Gasteiger partial charge in [-0.15, -0.1) is 0 Å². The van der Waals surface area contributed by atoms with Gasteiger partial charge in [0.1, 0.15) is 29.4 Å². The number of fused-ring (bicyclic) bond motifs is 1. The Morgan fingerprint density at radius 1 is 0.740 bits per heavy atom. The number of benzene rings is 3. The van der Waals surface area contributed by atoms with Crippen molar-refractivity contribution < 1.29 is 61.9 Å². The van der Waals surface area contributed by atoms with Crippen LogP contribution in [-0.4, -0.2) is 138 Å². The number of anilines is 1. The minimum absolute atomic E-state index is 0.00479. The molecule has 1 aromatic heterocycles. The fourth-order valence-electron chi connectivity index (χ4n) is 7.92. The van der Waals surface area contributed by atoms with Crippen LogP contribution in [0.5, 0.6) is 5.75 Å². The van der Waals surface area contributed by atoms with Crippen LogP contribution in [0.25, 0.3) is 32.3 Å². The van der Waals surface area contributed by atoms with Crippen molar-refractivity contribution in [3.05, 3.63) is 101 Å². The number of rotatable bonds is 34. The summed E-state index contributed by atoms with van der Waals surface area (Å²) in [6.45, 7) is 16.8. The van der Waals surface area contributed by atoms with E-state index in [1.165, 1.54) is 12.0 Å². The van der Waals surface area contributed by atoms with E-state index < -0.39 is 41.3 Å². The molecule has 2 N–H and O–H groups in total. The van der Waals surface area contributed by atoms with Gasteiger partial charge in [-0.1, -0.05) is 59.7 Å². The van der Waals surface area contributed by atoms with E-state index in [0.717, 1.165) is 33.0 Å². The number of ether oxygens (including phenoxy) is 8. The van der Waals surface area contributed by atoms with E-state index in [1.54, 1.807) is 53.8 Å². The van der Waals surface area contributed by atoms with Crippen molar-refractivity contribution in [1.82, 2.24) is 15.6 Å². The number of aromatic nitrogens is 1. The van der Waals surface area contributed by atoms with Gasteiger partial charge in [-0.05, 0) is 126 Å². The van der Waals surface area contributed by atoms with E-state index in [0.29, 0.717) is 97.0 Å². The van der Waals surface area contributed by atoms with Gasteiger partial charge in [-0.25, -0.2) is 14.6 Å². The molecule has 0 aliphatic heterocycles. The summed E-state index contributed by atoms with van der Waals surface area (Å²) in [4.78, 5) is 75.0. The van der Waals surface area contributed by atoms with Crippen molar-refractivity contribution in [3.8, 4) is 16.9 Å². The molecule has 77 heavy (non-hydrogen) atoms. The quantitative estimate of drug-likeness (QED) is 0.0110. The third-order valence-electron chi connectivity index (χ3n) is 11.6. The monoisotopic (exact) mass is 1070 g/mol. The average Bonchev–Trinajstić information content (AvgIpc) is 3.38. The van der Waals surface area contributed by atoms with E-state index in [2.05, 4.69) is 25.6 Å². The van der Waals surface area contributed by atoms with Gasteiger partial charge in [0, 0.05) is 54.9 Å². The van der Waals surface area contributed by atoms with Crippen molar-refractivity contribution in [2.24, 2.45) is 5.11 Å². The maximum absolute atomic E-state index is 14.4. The van der Waals surface area contributed by atoms with Crippen molar-refractivity contribution >= 4 is 46.4 Å². The van der Waals surface area contributed by atoms with Crippen LogP contribution in [0, 0.1) is 6.92 Å². The topological polar surface area (TPSA) is 248 Å². The molecule has 1 heterocycles. The Balaban J connectivity index is 1.40.